The number of alkyl halides is 17. The molecule has 0 spiro atoms. The summed E-state index contributed by atoms with van der Waals surface area (Å²) in [6.45, 7) is 1.65. The van der Waals surface area contributed by atoms with Crippen LogP contribution in [0.4, 0.5) is 83.4 Å². The first-order chi connectivity index (χ1) is 15.4. The van der Waals surface area contributed by atoms with Crippen molar-refractivity contribution in [3.05, 3.63) is 11.7 Å². The molecular weight excluding hydrogens is 573 g/mol. The zero-order valence-electron chi connectivity index (χ0n) is 16.8. The van der Waals surface area contributed by atoms with Crippen LogP contribution in [0.1, 0.15) is 20.3 Å². The number of rotatable bonds is 10. The minimum atomic E-state index is -8.85. The van der Waals surface area contributed by atoms with Crippen LogP contribution in [0.15, 0.2) is 11.7 Å². The van der Waals surface area contributed by atoms with Crippen molar-refractivity contribution in [3.63, 3.8) is 0 Å². The summed E-state index contributed by atoms with van der Waals surface area (Å²) in [6.07, 6.45) is -16.8. The van der Waals surface area contributed by atoms with Crippen LogP contribution < -0.4 is 0 Å². The van der Waals surface area contributed by atoms with Gasteiger partial charge in [-0.2, -0.15) is 83.4 Å². The Morgan fingerprint density at radius 2 is 0.889 bits per heavy atom. The van der Waals surface area contributed by atoms with Crippen LogP contribution >= 0.6 is 0 Å². The van der Waals surface area contributed by atoms with Gasteiger partial charge >= 0.3 is 53.6 Å². The van der Waals surface area contributed by atoms with E-state index in [1.807, 2.05) is 0 Å². The first kappa shape index (κ1) is 33.9. The van der Waals surface area contributed by atoms with Crippen molar-refractivity contribution < 1.29 is 92.9 Å². The minimum absolute atomic E-state index is 0.825. The lowest BCUT2D eigenvalue weighted by atomic mass is 9.87. The normalized spacial score (nSPS) is 15.3. The standard InChI is InChI=1S/C15H9F19O2/c1-4(2)36-7(35)5(6(16)17)3-8(18,19)9(20,21)10(22,23)11(24,25)12(26,27)13(28,29)14(30,31)15(32,33)34/h4H,3H2,1-2H3. The lowest BCUT2D eigenvalue weighted by molar-refractivity contribution is -0.461. The maximum Gasteiger partial charge on any atom is 0.460 e. The summed E-state index contributed by atoms with van der Waals surface area (Å²) in [6, 6.07) is 0. The summed E-state index contributed by atoms with van der Waals surface area (Å²) < 4.78 is 252. The van der Waals surface area contributed by atoms with Gasteiger partial charge in [0.25, 0.3) is 6.08 Å². The lowest BCUT2D eigenvalue weighted by Gasteiger charge is -2.42. The summed E-state index contributed by atoms with van der Waals surface area (Å²) in [4.78, 5) is 11.3. The van der Waals surface area contributed by atoms with Gasteiger partial charge in [0.2, 0.25) is 0 Å². The van der Waals surface area contributed by atoms with Gasteiger partial charge in [0.15, 0.2) is 0 Å². The van der Waals surface area contributed by atoms with E-state index in [9.17, 15) is 88.2 Å². The van der Waals surface area contributed by atoms with Gasteiger partial charge in [-0.1, -0.05) is 0 Å². The minimum Gasteiger partial charge on any atom is -0.459 e. The first-order valence-electron chi connectivity index (χ1n) is 8.35. The highest BCUT2D eigenvalue weighted by Gasteiger charge is 2.95. The van der Waals surface area contributed by atoms with E-state index in [-0.39, 0.29) is 0 Å². The second-order valence-corrected chi connectivity index (χ2v) is 7.02. The third kappa shape index (κ3) is 5.01. The van der Waals surface area contributed by atoms with Crippen LogP contribution in [0.2, 0.25) is 0 Å². The molecule has 0 saturated carbocycles. The molecule has 21 heteroatoms. The third-order valence-electron chi connectivity index (χ3n) is 4.00. The maximum absolute atomic E-state index is 13.7. The number of hydrogen-bond acceptors (Lipinski definition) is 2. The molecule has 0 atom stereocenters. The van der Waals surface area contributed by atoms with Gasteiger partial charge in [0.1, 0.15) is 5.57 Å². The molecule has 0 amide bonds. The molecule has 0 aromatic heterocycles. The number of esters is 1. The molecule has 36 heavy (non-hydrogen) atoms. The molecule has 0 heterocycles. The molecule has 0 N–H and O–H groups in total. The van der Waals surface area contributed by atoms with E-state index < -0.39 is 77.8 Å². The highest BCUT2D eigenvalue weighted by Crippen LogP contribution is 2.64. The fourth-order valence-corrected chi connectivity index (χ4v) is 2.03. The van der Waals surface area contributed by atoms with E-state index in [4.69, 9.17) is 0 Å². The SMILES string of the molecule is CC(C)OC(=O)C(CC(F)(F)C(F)(F)C(F)(F)C(F)(F)C(F)(F)C(F)(F)C(F)(F)C(F)(F)F)=C(F)F. The lowest BCUT2D eigenvalue weighted by Crippen LogP contribution is -2.74. The van der Waals surface area contributed by atoms with E-state index in [0.29, 0.717) is 0 Å². The van der Waals surface area contributed by atoms with Crippen molar-refractivity contribution in [2.45, 2.75) is 74.0 Å². The highest BCUT2D eigenvalue weighted by atomic mass is 19.4. The van der Waals surface area contributed by atoms with Crippen molar-refractivity contribution in [2.75, 3.05) is 0 Å². The summed E-state index contributed by atoms with van der Waals surface area (Å²) in [5.41, 5.74) is -2.92. The Morgan fingerprint density at radius 1 is 0.583 bits per heavy atom. The summed E-state index contributed by atoms with van der Waals surface area (Å²) >= 11 is 0. The molecule has 0 unspecified atom stereocenters. The number of halogens is 19. The molecule has 0 aliphatic heterocycles. The van der Waals surface area contributed by atoms with Crippen molar-refractivity contribution in [3.8, 4) is 0 Å². The summed E-state index contributed by atoms with van der Waals surface area (Å²) in [7, 11) is 0. The Labute approximate surface area is 186 Å². The molecule has 0 aliphatic carbocycles. The van der Waals surface area contributed by atoms with Crippen LogP contribution in [0, 0.1) is 0 Å². The van der Waals surface area contributed by atoms with Crippen LogP contribution in [0.3, 0.4) is 0 Å². The highest BCUT2D eigenvalue weighted by molar-refractivity contribution is 5.89. The monoisotopic (exact) mass is 582 g/mol. The molecule has 0 saturated heterocycles. The quantitative estimate of drug-likeness (QED) is 0.152. The molecule has 0 aromatic carbocycles. The molecule has 0 bridgehead atoms. The van der Waals surface area contributed by atoms with Crippen molar-refractivity contribution in [1.82, 2.24) is 0 Å². The number of carbonyl (C=O) groups excluding carboxylic acids is 1. The van der Waals surface area contributed by atoms with Crippen LogP contribution in [-0.2, 0) is 9.53 Å². The maximum atomic E-state index is 13.7. The predicted molar refractivity (Wildman–Crippen MR) is 75.8 cm³/mol. The molecular formula is C15H9F19O2. The fourth-order valence-electron chi connectivity index (χ4n) is 2.03. The molecule has 0 aliphatic rings. The van der Waals surface area contributed by atoms with Gasteiger partial charge in [0.05, 0.1) is 12.5 Å². The van der Waals surface area contributed by atoms with Gasteiger partial charge in [-0.15, -0.1) is 0 Å². The largest absolute Gasteiger partial charge is 0.460 e. The average molecular weight is 582 g/mol. The number of carbonyl (C=O) groups is 1. The van der Waals surface area contributed by atoms with E-state index in [2.05, 4.69) is 4.74 Å². The Bertz CT molecular complexity index is 847. The van der Waals surface area contributed by atoms with E-state index in [1.165, 1.54) is 0 Å². The molecule has 0 rings (SSSR count). The average Bonchev–Trinajstić information content (AvgIpc) is 2.63. The van der Waals surface area contributed by atoms with Gasteiger partial charge in [0, 0.05) is 0 Å². The van der Waals surface area contributed by atoms with Gasteiger partial charge in [-0.05, 0) is 13.8 Å². The molecule has 0 aromatic rings. The summed E-state index contributed by atoms with van der Waals surface area (Å²) in [5.74, 6) is -61.4. The predicted octanol–water partition coefficient (Wildman–Crippen LogP) is 7.49. The first-order valence-corrected chi connectivity index (χ1v) is 8.35. The Morgan fingerprint density at radius 3 is 1.17 bits per heavy atom. The molecule has 0 fully saturated rings. The van der Waals surface area contributed by atoms with Gasteiger partial charge in [-0.25, -0.2) is 4.79 Å². The Balaban J connectivity index is 6.79. The molecule has 2 nitrogen and oxygen atoms in total. The zero-order valence-corrected chi connectivity index (χ0v) is 16.8. The van der Waals surface area contributed by atoms with Crippen molar-refractivity contribution >= 4 is 5.97 Å². The van der Waals surface area contributed by atoms with E-state index in [1.54, 1.807) is 0 Å². The second-order valence-electron chi connectivity index (χ2n) is 7.02. The van der Waals surface area contributed by atoms with Crippen LogP contribution in [-0.4, -0.2) is 59.7 Å². The molecule has 214 valence electrons. The van der Waals surface area contributed by atoms with Gasteiger partial charge in [-0.3, -0.25) is 0 Å². The smallest absolute Gasteiger partial charge is 0.459 e. The Hall–Kier alpha value is -2.12. The third-order valence-corrected chi connectivity index (χ3v) is 4.00. The van der Waals surface area contributed by atoms with Crippen molar-refractivity contribution in [1.29, 1.82) is 0 Å². The second kappa shape index (κ2) is 9.32. The van der Waals surface area contributed by atoms with Crippen LogP contribution in [0.25, 0.3) is 0 Å². The van der Waals surface area contributed by atoms with Gasteiger partial charge < -0.3 is 4.74 Å². The van der Waals surface area contributed by atoms with E-state index >= 15 is 0 Å². The van der Waals surface area contributed by atoms with E-state index in [0.717, 1.165) is 13.8 Å². The Kier molecular flexibility index (Phi) is 8.77. The number of ether oxygens (including phenoxy) is 1. The zero-order chi connectivity index (χ0) is 29.7. The summed E-state index contributed by atoms with van der Waals surface area (Å²) in [5, 5.41) is 0. The molecule has 0 radical (unpaired) electrons. The topological polar surface area (TPSA) is 26.3 Å². The fraction of sp³-hybridized carbons (Fsp3) is 0.800. The van der Waals surface area contributed by atoms with Crippen molar-refractivity contribution in [2.24, 2.45) is 0 Å². The van der Waals surface area contributed by atoms with Crippen LogP contribution in [0.5, 0.6) is 0 Å². The number of hydrogen-bond donors (Lipinski definition) is 0.